The van der Waals surface area contributed by atoms with Crippen LogP contribution in [0.4, 0.5) is 5.95 Å². The Labute approximate surface area is 169 Å². The van der Waals surface area contributed by atoms with E-state index in [2.05, 4.69) is 45.0 Å². The SMILES string of the molecule is COc1ccc(C2CC(=O)NC(Nc3nc(C)c4cc(C)cc(C)c4n3)N2)cc1. The van der Waals surface area contributed by atoms with Gasteiger partial charge in [-0.2, -0.15) is 0 Å². The van der Waals surface area contributed by atoms with E-state index in [0.29, 0.717) is 12.4 Å². The highest BCUT2D eigenvalue weighted by molar-refractivity contribution is 5.85. The molecule has 1 saturated heterocycles. The molecule has 3 N–H and O–H groups in total. The van der Waals surface area contributed by atoms with Crippen molar-refractivity contribution in [1.82, 2.24) is 20.6 Å². The molecule has 0 saturated carbocycles. The minimum atomic E-state index is -0.467. The lowest BCUT2D eigenvalue weighted by Crippen LogP contribution is -2.56. The lowest BCUT2D eigenvalue weighted by molar-refractivity contribution is -0.124. The second-order valence-corrected chi connectivity index (χ2v) is 7.45. The fourth-order valence-corrected chi connectivity index (χ4v) is 3.76. The van der Waals surface area contributed by atoms with Crippen LogP contribution in [0.3, 0.4) is 0 Å². The summed E-state index contributed by atoms with van der Waals surface area (Å²) in [7, 11) is 1.63. The van der Waals surface area contributed by atoms with Crippen molar-refractivity contribution in [3.8, 4) is 5.75 Å². The topological polar surface area (TPSA) is 88.2 Å². The van der Waals surface area contributed by atoms with E-state index in [9.17, 15) is 4.79 Å². The van der Waals surface area contributed by atoms with Gasteiger partial charge in [0.1, 0.15) is 5.75 Å². The number of methoxy groups -OCH3 is 1. The van der Waals surface area contributed by atoms with Crippen molar-refractivity contribution < 1.29 is 9.53 Å². The third-order valence-electron chi connectivity index (χ3n) is 5.18. The molecule has 1 amide bonds. The van der Waals surface area contributed by atoms with Crippen LogP contribution in [0.25, 0.3) is 10.9 Å². The fourth-order valence-electron chi connectivity index (χ4n) is 3.76. The lowest BCUT2D eigenvalue weighted by atomic mass is 10.0. The third kappa shape index (κ3) is 4.00. The maximum atomic E-state index is 12.3. The molecule has 2 heterocycles. The van der Waals surface area contributed by atoms with Crippen LogP contribution in [-0.4, -0.2) is 29.3 Å². The van der Waals surface area contributed by atoms with Crippen LogP contribution in [-0.2, 0) is 4.79 Å². The van der Waals surface area contributed by atoms with Crippen molar-refractivity contribution in [3.05, 3.63) is 58.8 Å². The number of amides is 1. The molecule has 0 bridgehead atoms. The van der Waals surface area contributed by atoms with Crippen molar-refractivity contribution in [2.24, 2.45) is 0 Å². The summed E-state index contributed by atoms with van der Waals surface area (Å²) < 4.78 is 5.21. The Bertz CT molecular complexity index is 1060. The Hall–Kier alpha value is -3.19. The number of carbonyl (C=O) groups excluding carboxylic acids is 1. The highest BCUT2D eigenvalue weighted by atomic mass is 16.5. The summed E-state index contributed by atoms with van der Waals surface area (Å²) in [5.74, 6) is 1.23. The Balaban J connectivity index is 1.57. The van der Waals surface area contributed by atoms with Gasteiger partial charge in [0.25, 0.3) is 0 Å². The van der Waals surface area contributed by atoms with Crippen molar-refractivity contribution in [1.29, 1.82) is 0 Å². The standard InChI is InChI=1S/C22H25N5O2/c1-12-9-13(2)20-17(10-12)14(3)23-21(26-20)27-22-24-18(11-19(28)25-22)15-5-7-16(29-4)8-6-15/h5-10,18,22,24H,11H2,1-4H3,(H,25,28)(H,23,26,27). The quantitative estimate of drug-likeness (QED) is 0.633. The normalized spacial score (nSPS) is 19.1. The van der Waals surface area contributed by atoms with E-state index < -0.39 is 6.29 Å². The molecule has 2 unspecified atom stereocenters. The number of carbonyl (C=O) groups is 1. The third-order valence-corrected chi connectivity index (χ3v) is 5.18. The number of hydrogen-bond acceptors (Lipinski definition) is 6. The minimum absolute atomic E-state index is 0.0358. The number of ether oxygens (including phenoxy) is 1. The molecule has 4 rings (SSSR count). The molecule has 2 atom stereocenters. The molecular weight excluding hydrogens is 366 g/mol. The van der Waals surface area contributed by atoms with Crippen LogP contribution >= 0.6 is 0 Å². The van der Waals surface area contributed by atoms with E-state index in [1.54, 1.807) is 7.11 Å². The smallest absolute Gasteiger partial charge is 0.226 e. The van der Waals surface area contributed by atoms with Gasteiger partial charge in [-0.05, 0) is 50.1 Å². The first-order chi connectivity index (χ1) is 13.9. The van der Waals surface area contributed by atoms with Gasteiger partial charge in [0.2, 0.25) is 11.9 Å². The molecule has 1 aromatic heterocycles. The minimum Gasteiger partial charge on any atom is -0.497 e. The van der Waals surface area contributed by atoms with Crippen LogP contribution < -0.4 is 20.7 Å². The lowest BCUT2D eigenvalue weighted by Gasteiger charge is -2.32. The van der Waals surface area contributed by atoms with Crippen LogP contribution in [0, 0.1) is 20.8 Å². The predicted molar refractivity (Wildman–Crippen MR) is 113 cm³/mol. The highest BCUT2D eigenvalue weighted by Gasteiger charge is 2.27. The Kier molecular flexibility index (Phi) is 5.07. The number of nitrogens with zero attached hydrogens (tertiary/aromatic N) is 2. The van der Waals surface area contributed by atoms with Gasteiger partial charge in [0.15, 0.2) is 6.29 Å². The summed E-state index contributed by atoms with van der Waals surface area (Å²) in [5.41, 5.74) is 5.13. The van der Waals surface area contributed by atoms with Gasteiger partial charge in [0.05, 0.1) is 18.3 Å². The predicted octanol–water partition coefficient (Wildman–Crippen LogP) is 3.11. The Morgan fingerprint density at radius 1 is 1.10 bits per heavy atom. The van der Waals surface area contributed by atoms with E-state index in [1.807, 2.05) is 38.1 Å². The molecule has 1 aliphatic heterocycles. The van der Waals surface area contributed by atoms with Gasteiger partial charge < -0.3 is 15.4 Å². The molecule has 1 fully saturated rings. The fraction of sp³-hybridized carbons (Fsp3) is 0.318. The number of anilines is 1. The number of benzene rings is 2. The molecule has 2 aromatic carbocycles. The largest absolute Gasteiger partial charge is 0.497 e. The van der Waals surface area contributed by atoms with Crippen LogP contribution in [0.5, 0.6) is 5.75 Å². The average Bonchev–Trinajstić information content (AvgIpc) is 2.68. The number of aromatic nitrogens is 2. The van der Waals surface area contributed by atoms with Crippen molar-refractivity contribution in [2.75, 3.05) is 12.4 Å². The zero-order valence-corrected chi connectivity index (χ0v) is 17.0. The molecule has 7 nitrogen and oxygen atoms in total. The average molecular weight is 391 g/mol. The molecule has 0 radical (unpaired) electrons. The molecule has 3 aromatic rings. The maximum absolute atomic E-state index is 12.3. The summed E-state index contributed by atoms with van der Waals surface area (Å²) in [6.45, 7) is 6.09. The van der Waals surface area contributed by atoms with Crippen molar-refractivity contribution >= 4 is 22.8 Å². The highest BCUT2D eigenvalue weighted by Crippen LogP contribution is 2.25. The maximum Gasteiger partial charge on any atom is 0.226 e. The molecule has 1 aliphatic rings. The second-order valence-electron chi connectivity index (χ2n) is 7.45. The summed E-state index contributed by atoms with van der Waals surface area (Å²) in [6, 6.07) is 11.8. The monoisotopic (exact) mass is 391 g/mol. The van der Waals surface area contributed by atoms with Gasteiger partial charge >= 0.3 is 0 Å². The van der Waals surface area contributed by atoms with Crippen LogP contribution in [0.15, 0.2) is 36.4 Å². The van der Waals surface area contributed by atoms with E-state index in [-0.39, 0.29) is 11.9 Å². The van der Waals surface area contributed by atoms with Gasteiger partial charge in [-0.1, -0.05) is 23.8 Å². The molecule has 0 aliphatic carbocycles. The number of fused-ring (bicyclic) bond motifs is 1. The summed E-state index contributed by atoms with van der Waals surface area (Å²) >= 11 is 0. The first-order valence-corrected chi connectivity index (χ1v) is 9.64. The molecule has 7 heteroatoms. The molecule has 0 spiro atoms. The first kappa shape index (κ1) is 19.1. The first-order valence-electron chi connectivity index (χ1n) is 9.64. The molecular formula is C22H25N5O2. The van der Waals surface area contributed by atoms with Crippen LogP contribution in [0.1, 0.15) is 34.8 Å². The zero-order valence-electron chi connectivity index (χ0n) is 17.0. The van der Waals surface area contributed by atoms with E-state index in [4.69, 9.17) is 4.74 Å². The number of rotatable bonds is 4. The number of hydrogen-bond donors (Lipinski definition) is 3. The summed E-state index contributed by atoms with van der Waals surface area (Å²) in [5, 5.41) is 10.6. The zero-order chi connectivity index (χ0) is 20.5. The number of aryl methyl sites for hydroxylation is 3. The van der Waals surface area contributed by atoms with Gasteiger partial charge in [-0.15, -0.1) is 0 Å². The summed E-state index contributed by atoms with van der Waals surface area (Å²) in [4.78, 5) is 21.6. The van der Waals surface area contributed by atoms with E-state index >= 15 is 0 Å². The van der Waals surface area contributed by atoms with Gasteiger partial charge in [-0.25, -0.2) is 9.97 Å². The van der Waals surface area contributed by atoms with Gasteiger partial charge in [0, 0.05) is 17.8 Å². The summed E-state index contributed by atoms with van der Waals surface area (Å²) in [6.07, 6.45) is -0.105. The molecule has 150 valence electrons. The van der Waals surface area contributed by atoms with Crippen molar-refractivity contribution in [2.45, 2.75) is 39.5 Å². The Morgan fingerprint density at radius 2 is 1.86 bits per heavy atom. The second kappa shape index (κ2) is 7.67. The molecule has 29 heavy (non-hydrogen) atoms. The van der Waals surface area contributed by atoms with Crippen LogP contribution in [0.2, 0.25) is 0 Å². The van der Waals surface area contributed by atoms with E-state index in [0.717, 1.165) is 33.5 Å². The van der Waals surface area contributed by atoms with Gasteiger partial charge in [-0.3, -0.25) is 10.1 Å². The number of nitrogens with one attached hydrogen (secondary N) is 3. The van der Waals surface area contributed by atoms with Crippen molar-refractivity contribution in [3.63, 3.8) is 0 Å². The van der Waals surface area contributed by atoms with E-state index in [1.165, 1.54) is 5.56 Å². The Morgan fingerprint density at radius 3 is 2.59 bits per heavy atom.